The Bertz CT molecular complexity index is 345. The molecule has 2 bridgehead atoms. The summed E-state index contributed by atoms with van der Waals surface area (Å²) in [6, 6.07) is 0. The van der Waals surface area contributed by atoms with Crippen molar-refractivity contribution in [3.63, 3.8) is 0 Å². The van der Waals surface area contributed by atoms with Crippen molar-refractivity contribution in [1.29, 1.82) is 0 Å². The number of hydrogen-bond donors (Lipinski definition) is 0. The quantitative estimate of drug-likeness (QED) is 0.513. The molecule has 82 valence electrons. The zero-order valence-electron chi connectivity index (χ0n) is 10.2. The van der Waals surface area contributed by atoms with E-state index in [1.165, 1.54) is 25.7 Å². The predicted molar refractivity (Wildman–Crippen MR) is 64.6 cm³/mol. The van der Waals surface area contributed by atoms with E-state index < -0.39 is 0 Å². The van der Waals surface area contributed by atoms with Crippen LogP contribution in [0.5, 0.6) is 0 Å². The van der Waals surface area contributed by atoms with E-state index in [9.17, 15) is 0 Å². The monoisotopic (exact) mass is 202 g/mol. The van der Waals surface area contributed by atoms with Gasteiger partial charge in [0.15, 0.2) is 0 Å². The minimum absolute atomic E-state index is 0.696. The molecule has 0 heteroatoms. The minimum Gasteiger partial charge on any atom is -0.0781 e. The van der Waals surface area contributed by atoms with Crippen molar-refractivity contribution in [3.8, 4) is 0 Å². The van der Waals surface area contributed by atoms with Gasteiger partial charge in [0.05, 0.1) is 0 Å². The van der Waals surface area contributed by atoms with Crippen molar-refractivity contribution >= 4 is 0 Å². The van der Waals surface area contributed by atoms with Crippen LogP contribution in [0.15, 0.2) is 22.8 Å². The fourth-order valence-corrected chi connectivity index (χ4v) is 4.12. The second-order valence-electron chi connectivity index (χ2n) is 5.97. The fourth-order valence-electron chi connectivity index (χ4n) is 4.12. The van der Waals surface area contributed by atoms with Crippen LogP contribution in [-0.4, -0.2) is 0 Å². The Hall–Kier alpha value is -0.520. The molecule has 0 aromatic carbocycles. The first kappa shape index (κ1) is 9.69. The number of rotatable bonds is 0. The Morgan fingerprint density at radius 3 is 2.73 bits per heavy atom. The van der Waals surface area contributed by atoms with Crippen LogP contribution in [-0.2, 0) is 0 Å². The van der Waals surface area contributed by atoms with E-state index in [4.69, 9.17) is 0 Å². The van der Waals surface area contributed by atoms with Crippen LogP contribution >= 0.6 is 0 Å². The van der Waals surface area contributed by atoms with Crippen LogP contribution in [0.4, 0.5) is 0 Å². The largest absolute Gasteiger partial charge is 0.0781 e. The van der Waals surface area contributed by atoms with Gasteiger partial charge in [-0.1, -0.05) is 29.7 Å². The van der Waals surface area contributed by atoms with Crippen molar-refractivity contribution in [2.75, 3.05) is 0 Å². The van der Waals surface area contributed by atoms with E-state index in [-0.39, 0.29) is 0 Å². The van der Waals surface area contributed by atoms with E-state index in [1.807, 2.05) is 5.57 Å². The zero-order valence-corrected chi connectivity index (χ0v) is 10.2. The van der Waals surface area contributed by atoms with E-state index in [1.54, 1.807) is 11.1 Å². The first-order valence-corrected chi connectivity index (χ1v) is 6.54. The summed E-state index contributed by atoms with van der Waals surface area (Å²) < 4.78 is 0. The van der Waals surface area contributed by atoms with Gasteiger partial charge in [-0.3, -0.25) is 0 Å². The normalized spacial score (nSPS) is 44.1. The number of hydrogen-bond acceptors (Lipinski definition) is 0. The molecule has 0 radical (unpaired) electrons. The topological polar surface area (TPSA) is 0 Å². The lowest BCUT2D eigenvalue weighted by Gasteiger charge is -2.23. The van der Waals surface area contributed by atoms with Gasteiger partial charge in [0.1, 0.15) is 0 Å². The molecular weight excluding hydrogens is 180 g/mol. The third-order valence-electron chi connectivity index (χ3n) is 5.36. The van der Waals surface area contributed by atoms with E-state index in [0.717, 1.165) is 17.8 Å². The maximum absolute atomic E-state index is 2.59. The minimum atomic E-state index is 0.696. The van der Waals surface area contributed by atoms with Gasteiger partial charge in [0.25, 0.3) is 0 Å². The van der Waals surface area contributed by atoms with Crippen molar-refractivity contribution < 1.29 is 0 Å². The van der Waals surface area contributed by atoms with Crippen molar-refractivity contribution in [2.24, 2.45) is 23.7 Å². The van der Waals surface area contributed by atoms with Crippen LogP contribution in [0.25, 0.3) is 0 Å². The molecule has 2 fully saturated rings. The summed E-state index contributed by atoms with van der Waals surface area (Å²) >= 11 is 0. The van der Waals surface area contributed by atoms with Crippen molar-refractivity contribution in [1.82, 2.24) is 0 Å². The summed E-state index contributed by atoms with van der Waals surface area (Å²) in [6.07, 6.45) is 8.42. The second kappa shape index (κ2) is 3.23. The molecule has 2 saturated carbocycles. The Morgan fingerprint density at radius 1 is 1.13 bits per heavy atom. The molecule has 0 amide bonds. The van der Waals surface area contributed by atoms with Gasteiger partial charge in [-0.25, -0.2) is 0 Å². The third-order valence-corrected chi connectivity index (χ3v) is 5.36. The predicted octanol–water partition coefficient (Wildman–Crippen LogP) is 4.34. The van der Waals surface area contributed by atoms with E-state index >= 15 is 0 Å². The van der Waals surface area contributed by atoms with Crippen molar-refractivity contribution in [3.05, 3.63) is 22.8 Å². The third kappa shape index (κ3) is 1.33. The summed E-state index contributed by atoms with van der Waals surface area (Å²) in [5.41, 5.74) is 5.17. The highest BCUT2D eigenvalue weighted by Crippen LogP contribution is 2.53. The van der Waals surface area contributed by atoms with Gasteiger partial charge < -0.3 is 0 Å². The molecule has 0 nitrogen and oxygen atoms in total. The van der Waals surface area contributed by atoms with Crippen LogP contribution in [0, 0.1) is 23.7 Å². The molecule has 4 atom stereocenters. The average Bonchev–Trinajstić information content (AvgIpc) is 2.77. The van der Waals surface area contributed by atoms with Crippen LogP contribution in [0.3, 0.4) is 0 Å². The number of fused-ring (bicyclic) bond motifs is 1. The van der Waals surface area contributed by atoms with Crippen LogP contribution in [0.2, 0.25) is 0 Å². The summed E-state index contributed by atoms with van der Waals surface area (Å²) in [5, 5.41) is 0. The Morgan fingerprint density at radius 2 is 1.93 bits per heavy atom. The number of allylic oxidation sites excluding steroid dienone is 4. The summed E-state index contributed by atoms with van der Waals surface area (Å²) in [5.74, 6) is 3.63. The second-order valence-corrected chi connectivity index (χ2v) is 5.97. The van der Waals surface area contributed by atoms with Gasteiger partial charge in [0.2, 0.25) is 0 Å². The molecule has 0 aromatic heterocycles. The van der Waals surface area contributed by atoms with E-state index in [0.29, 0.717) is 5.92 Å². The molecule has 3 aliphatic carbocycles. The molecule has 3 rings (SSSR count). The zero-order chi connectivity index (χ0) is 10.6. The smallest absolute Gasteiger partial charge is 0.00490 e. The maximum atomic E-state index is 2.59. The Balaban J connectivity index is 2.07. The molecule has 4 unspecified atom stereocenters. The average molecular weight is 202 g/mol. The Kier molecular flexibility index (Phi) is 2.09. The van der Waals surface area contributed by atoms with Crippen LogP contribution in [0.1, 0.15) is 46.5 Å². The van der Waals surface area contributed by atoms with Gasteiger partial charge in [0, 0.05) is 0 Å². The van der Waals surface area contributed by atoms with Crippen molar-refractivity contribution in [2.45, 2.75) is 46.5 Å². The molecule has 0 heterocycles. The lowest BCUT2D eigenvalue weighted by molar-refractivity contribution is 0.487. The molecule has 0 aliphatic heterocycles. The molecule has 0 N–H and O–H groups in total. The highest BCUT2D eigenvalue weighted by Gasteiger charge is 2.41. The van der Waals surface area contributed by atoms with Gasteiger partial charge in [-0.2, -0.15) is 0 Å². The lowest BCUT2D eigenvalue weighted by atomic mass is 9.83. The highest BCUT2D eigenvalue weighted by molar-refractivity contribution is 5.29. The summed E-state index contributed by atoms with van der Waals surface area (Å²) in [6.45, 7) is 7.11. The maximum Gasteiger partial charge on any atom is -0.00490 e. The van der Waals surface area contributed by atoms with Crippen LogP contribution < -0.4 is 0 Å². The molecule has 0 spiro atoms. The first-order chi connectivity index (χ1) is 7.16. The Labute approximate surface area is 93.5 Å². The summed E-state index contributed by atoms with van der Waals surface area (Å²) in [7, 11) is 0. The summed E-state index contributed by atoms with van der Waals surface area (Å²) in [4.78, 5) is 0. The standard InChI is InChI=1S/C15H22/c1-9-6-12-4-5-13-7-14(8-15(12)13)11(3)10(9)2/h6,9,13-15H,4-5,7-8H2,1-3H3. The van der Waals surface area contributed by atoms with E-state index in [2.05, 4.69) is 26.8 Å². The lowest BCUT2D eigenvalue weighted by Crippen LogP contribution is -2.09. The van der Waals surface area contributed by atoms with Gasteiger partial charge in [-0.05, 0) is 63.2 Å². The molecule has 0 aromatic rings. The van der Waals surface area contributed by atoms with Gasteiger partial charge >= 0.3 is 0 Å². The molecular formula is C15H22. The highest BCUT2D eigenvalue weighted by atomic mass is 14.5. The first-order valence-electron chi connectivity index (χ1n) is 6.54. The van der Waals surface area contributed by atoms with Gasteiger partial charge in [-0.15, -0.1) is 0 Å². The molecule has 3 aliphatic rings. The molecule has 15 heavy (non-hydrogen) atoms. The molecule has 0 saturated heterocycles. The fraction of sp³-hybridized carbons (Fsp3) is 0.733. The SMILES string of the molecule is CC1=C(C)C2CC3CCC(=CC1C)C3C2.